The summed E-state index contributed by atoms with van der Waals surface area (Å²) in [4.78, 5) is 29.6. The van der Waals surface area contributed by atoms with Crippen LogP contribution < -0.4 is 5.32 Å². The number of fused-ring (bicyclic) bond motifs is 1. The van der Waals surface area contributed by atoms with Crippen LogP contribution in [-0.4, -0.2) is 42.9 Å². The van der Waals surface area contributed by atoms with Gasteiger partial charge in [-0.05, 0) is 48.0 Å². The van der Waals surface area contributed by atoms with E-state index in [0.717, 1.165) is 6.07 Å². The lowest BCUT2D eigenvalue weighted by atomic mass is 10.3. The number of amides is 1. The second-order valence-electron chi connectivity index (χ2n) is 7.01. The van der Waals surface area contributed by atoms with Gasteiger partial charge in [0.05, 0.1) is 23.0 Å². The molecule has 1 aromatic carbocycles. The number of para-hydroxylation sites is 1. The summed E-state index contributed by atoms with van der Waals surface area (Å²) in [7, 11) is 0. The maximum Gasteiger partial charge on any atom is 0.433 e. The van der Waals surface area contributed by atoms with E-state index < -0.39 is 23.7 Å². The number of ether oxygens (including phenoxy) is 1. The lowest BCUT2D eigenvalue weighted by molar-refractivity contribution is -0.142. The first kappa shape index (κ1) is 23.4. The molecule has 0 saturated heterocycles. The Morgan fingerprint density at radius 1 is 1.21 bits per heavy atom. The Hall–Kier alpha value is -3.74. The van der Waals surface area contributed by atoms with Gasteiger partial charge in [-0.25, -0.2) is 19.0 Å². The lowest BCUT2D eigenvalue weighted by Gasteiger charge is -2.10. The summed E-state index contributed by atoms with van der Waals surface area (Å²) >= 11 is 3.14. The summed E-state index contributed by atoms with van der Waals surface area (Å²) in [5, 5.41) is 10.5. The molecule has 0 atom stereocenters. The maximum absolute atomic E-state index is 13.5. The molecule has 9 nitrogen and oxygen atoms in total. The molecule has 4 rings (SSSR count). The molecule has 3 aromatic heterocycles. The number of anilines is 1. The third kappa shape index (κ3) is 4.25. The zero-order valence-corrected chi connectivity index (χ0v) is 19.3. The van der Waals surface area contributed by atoms with Crippen molar-refractivity contribution in [3.8, 4) is 5.69 Å². The molecule has 0 aliphatic carbocycles. The van der Waals surface area contributed by atoms with Crippen LogP contribution in [0.25, 0.3) is 11.3 Å². The van der Waals surface area contributed by atoms with Crippen molar-refractivity contribution >= 4 is 39.3 Å². The summed E-state index contributed by atoms with van der Waals surface area (Å²) in [6, 6.07) is 9.47. The monoisotopic (exact) mass is 536 g/mol. The number of carbonyl (C=O) groups is 2. The molecule has 176 valence electrons. The van der Waals surface area contributed by atoms with Crippen LogP contribution in [0, 0.1) is 6.92 Å². The van der Waals surface area contributed by atoms with Crippen molar-refractivity contribution in [3.63, 3.8) is 0 Å². The zero-order chi connectivity index (χ0) is 24.6. The molecule has 1 N–H and O–H groups in total. The van der Waals surface area contributed by atoms with Crippen molar-refractivity contribution in [3.05, 3.63) is 69.7 Å². The number of halogens is 4. The molecule has 0 spiro atoms. The number of hydrogen-bond acceptors (Lipinski definition) is 6. The van der Waals surface area contributed by atoms with E-state index in [1.165, 1.54) is 17.8 Å². The predicted molar refractivity (Wildman–Crippen MR) is 118 cm³/mol. The van der Waals surface area contributed by atoms with E-state index >= 15 is 0 Å². The third-order valence-corrected chi connectivity index (χ3v) is 5.39. The van der Waals surface area contributed by atoms with Crippen molar-refractivity contribution in [2.75, 3.05) is 11.9 Å². The number of esters is 1. The number of carbonyl (C=O) groups excluding carboxylic acids is 2. The van der Waals surface area contributed by atoms with Gasteiger partial charge in [-0.2, -0.15) is 23.4 Å². The Balaban J connectivity index is 1.81. The molecule has 0 bridgehead atoms. The first-order valence-corrected chi connectivity index (χ1v) is 10.7. The number of nitrogens with one attached hydrogen (secondary N) is 1. The number of rotatable bonds is 5. The minimum absolute atomic E-state index is 0.0289. The van der Waals surface area contributed by atoms with E-state index in [-0.39, 0.29) is 39.5 Å². The number of aryl methyl sites for hydroxylation is 1. The number of nitrogens with zero attached hydrogens (tertiary/aromatic N) is 5. The fourth-order valence-corrected chi connectivity index (χ4v) is 3.73. The molecule has 0 saturated carbocycles. The maximum atomic E-state index is 13.5. The van der Waals surface area contributed by atoms with E-state index in [2.05, 4.69) is 36.4 Å². The summed E-state index contributed by atoms with van der Waals surface area (Å²) in [5.41, 5.74) is -1.04. The highest BCUT2D eigenvalue weighted by Crippen LogP contribution is 2.33. The molecule has 34 heavy (non-hydrogen) atoms. The minimum atomic E-state index is -4.73. The standard InChI is InChI=1S/C21H16BrF3N6O3/c1-3-34-20(33)13-10-26-30(12-7-5-4-6-8-12)17(13)28-19(32)16-15(22)18-27-11(2)9-14(21(23,24)25)31(18)29-16/h4-10H,3H2,1-2H3,(H,28,32). The van der Waals surface area contributed by atoms with E-state index in [1.54, 1.807) is 37.3 Å². The third-order valence-electron chi connectivity index (χ3n) is 4.66. The van der Waals surface area contributed by atoms with Crippen LogP contribution in [0.3, 0.4) is 0 Å². The van der Waals surface area contributed by atoms with Gasteiger partial charge in [0, 0.05) is 5.69 Å². The first-order valence-electron chi connectivity index (χ1n) is 9.86. The van der Waals surface area contributed by atoms with Gasteiger partial charge in [0.2, 0.25) is 0 Å². The van der Waals surface area contributed by atoms with E-state index in [4.69, 9.17) is 4.74 Å². The number of hydrogen-bond donors (Lipinski definition) is 1. The molecular formula is C21H16BrF3N6O3. The Morgan fingerprint density at radius 3 is 2.56 bits per heavy atom. The summed E-state index contributed by atoms with van der Waals surface area (Å²) in [5.74, 6) is -1.64. The van der Waals surface area contributed by atoms with Crippen LogP contribution in [0.15, 0.2) is 47.1 Å². The van der Waals surface area contributed by atoms with Gasteiger partial charge in [-0.1, -0.05) is 18.2 Å². The summed E-state index contributed by atoms with van der Waals surface area (Å²) < 4.78 is 47.4. The van der Waals surface area contributed by atoms with Crippen LogP contribution in [0.1, 0.15) is 39.2 Å². The van der Waals surface area contributed by atoms with Crippen molar-refractivity contribution in [2.24, 2.45) is 0 Å². The smallest absolute Gasteiger partial charge is 0.433 e. The molecular weight excluding hydrogens is 521 g/mol. The average Bonchev–Trinajstić information content (AvgIpc) is 3.35. The van der Waals surface area contributed by atoms with E-state index in [1.807, 2.05) is 0 Å². The summed E-state index contributed by atoms with van der Waals surface area (Å²) in [6.07, 6.45) is -3.50. The normalized spacial score (nSPS) is 11.6. The average molecular weight is 537 g/mol. The molecule has 13 heteroatoms. The van der Waals surface area contributed by atoms with Crippen molar-refractivity contribution in [2.45, 2.75) is 20.0 Å². The lowest BCUT2D eigenvalue weighted by Crippen LogP contribution is -2.19. The molecule has 0 unspecified atom stereocenters. The molecule has 0 aliphatic heterocycles. The Bertz CT molecular complexity index is 1400. The largest absolute Gasteiger partial charge is 0.462 e. The topological polar surface area (TPSA) is 103 Å². The van der Waals surface area contributed by atoms with Gasteiger partial charge in [0.15, 0.2) is 17.2 Å². The fourth-order valence-electron chi connectivity index (χ4n) is 3.22. The predicted octanol–water partition coefficient (Wildman–Crippen LogP) is 4.43. The van der Waals surface area contributed by atoms with Gasteiger partial charge < -0.3 is 10.1 Å². The first-order chi connectivity index (χ1) is 16.1. The Morgan fingerprint density at radius 2 is 1.91 bits per heavy atom. The highest BCUT2D eigenvalue weighted by atomic mass is 79.9. The van der Waals surface area contributed by atoms with Gasteiger partial charge in [-0.15, -0.1) is 0 Å². The molecule has 3 heterocycles. The second-order valence-corrected chi connectivity index (χ2v) is 7.80. The molecule has 1 amide bonds. The highest BCUT2D eigenvalue weighted by Gasteiger charge is 2.36. The number of alkyl halides is 3. The van der Waals surface area contributed by atoms with Crippen LogP contribution in [-0.2, 0) is 10.9 Å². The van der Waals surface area contributed by atoms with Crippen molar-refractivity contribution < 1.29 is 27.5 Å². The second kappa shape index (κ2) is 8.89. The van der Waals surface area contributed by atoms with Gasteiger partial charge in [0.25, 0.3) is 5.91 Å². The number of benzene rings is 1. The fraction of sp³-hybridized carbons (Fsp3) is 0.190. The van der Waals surface area contributed by atoms with Gasteiger partial charge in [0.1, 0.15) is 11.3 Å². The van der Waals surface area contributed by atoms with Crippen LogP contribution >= 0.6 is 15.9 Å². The SMILES string of the molecule is CCOC(=O)c1cnn(-c2ccccc2)c1NC(=O)c1nn2c(C(F)(F)F)cc(C)nc2c1Br. The van der Waals surface area contributed by atoms with Crippen molar-refractivity contribution in [1.82, 2.24) is 24.4 Å². The minimum Gasteiger partial charge on any atom is -0.462 e. The van der Waals surface area contributed by atoms with E-state index in [0.29, 0.717) is 10.2 Å². The summed E-state index contributed by atoms with van der Waals surface area (Å²) in [6.45, 7) is 3.11. The number of aromatic nitrogens is 5. The molecule has 4 aromatic rings. The zero-order valence-electron chi connectivity index (χ0n) is 17.7. The van der Waals surface area contributed by atoms with E-state index in [9.17, 15) is 22.8 Å². The van der Waals surface area contributed by atoms with Crippen molar-refractivity contribution in [1.29, 1.82) is 0 Å². The van der Waals surface area contributed by atoms with Gasteiger partial charge >= 0.3 is 12.1 Å². The molecule has 0 radical (unpaired) electrons. The highest BCUT2D eigenvalue weighted by molar-refractivity contribution is 9.10. The Labute approximate surface area is 198 Å². The van der Waals surface area contributed by atoms with Crippen LogP contribution in [0.4, 0.5) is 19.0 Å². The molecule has 0 fully saturated rings. The molecule has 0 aliphatic rings. The van der Waals surface area contributed by atoms with Crippen LogP contribution in [0.2, 0.25) is 0 Å². The Kier molecular flexibility index (Phi) is 6.13. The van der Waals surface area contributed by atoms with Crippen LogP contribution in [0.5, 0.6) is 0 Å². The van der Waals surface area contributed by atoms with Gasteiger partial charge in [-0.3, -0.25) is 4.79 Å². The quantitative estimate of drug-likeness (QED) is 0.378.